The Morgan fingerprint density at radius 2 is 0.966 bits per heavy atom. The van der Waals surface area contributed by atoms with Gasteiger partial charge in [-0.25, -0.2) is 0 Å². The average Bonchev–Trinajstić information content (AvgIpc) is 2.70. The standard InChI is InChI=1S/C9H12.C8H9Cl.C8H7F3/c1-3-9-6-4-8(2)5-7-9;1-2-7-3-5-8(9)6-4-7;1-6-2-4-7(5-3-6)8(9,10)11/h4-7H,3H2,1-2H3;3-6H,2H2,1H3;2-5H,1H3. The first kappa shape index (κ1) is 24.8. The zero-order chi connectivity index (χ0) is 21.9. The molecule has 0 aliphatic carbocycles. The van der Waals surface area contributed by atoms with Crippen molar-refractivity contribution in [1.29, 1.82) is 0 Å². The number of aryl methyl sites for hydroxylation is 4. The lowest BCUT2D eigenvalue weighted by Crippen LogP contribution is -2.03. The molecule has 0 spiro atoms. The van der Waals surface area contributed by atoms with Crippen molar-refractivity contribution in [3.63, 3.8) is 0 Å². The van der Waals surface area contributed by atoms with Gasteiger partial charge in [-0.2, -0.15) is 13.2 Å². The van der Waals surface area contributed by atoms with Crippen molar-refractivity contribution in [3.05, 3.63) is 106 Å². The van der Waals surface area contributed by atoms with Gasteiger partial charge in [0.1, 0.15) is 0 Å². The third kappa shape index (κ3) is 10.2. The van der Waals surface area contributed by atoms with Crippen molar-refractivity contribution in [2.45, 2.75) is 46.7 Å². The van der Waals surface area contributed by atoms with Crippen LogP contribution in [0.4, 0.5) is 13.2 Å². The molecule has 3 rings (SSSR count). The van der Waals surface area contributed by atoms with Crippen molar-refractivity contribution >= 4 is 11.6 Å². The predicted molar refractivity (Wildman–Crippen MR) is 118 cm³/mol. The number of hydrogen-bond acceptors (Lipinski definition) is 0. The van der Waals surface area contributed by atoms with Crippen LogP contribution in [0.3, 0.4) is 0 Å². The summed E-state index contributed by atoms with van der Waals surface area (Å²) in [6.07, 6.45) is -1.99. The minimum absolute atomic E-state index is 0.594. The van der Waals surface area contributed by atoms with Gasteiger partial charge in [0, 0.05) is 5.02 Å². The summed E-state index contributed by atoms with van der Waals surface area (Å²) in [5.41, 5.74) is 4.33. The first-order chi connectivity index (χ1) is 13.7. The van der Waals surface area contributed by atoms with Crippen molar-refractivity contribution < 1.29 is 13.2 Å². The van der Waals surface area contributed by atoms with Gasteiger partial charge in [-0.1, -0.05) is 85.1 Å². The highest BCUT2D eigenvalue weighted by Crippen LogP contribution is 2.28. The molecular formula is C25H28ClF3. The minimum atomic E-state index is -4.21. The maximum atomic E-state index is 11.9. The van der Waals surface area contributed by atoms with E-state index in [9.17, 15) is 13.2 Å². The first-order valence-corrected chi connectivity index (χ1v) is 9.97. The maximum absolute atomic E-state index is 11.9. The van der Waals surface area contributed by atoms with Crippen LogP contribution in [0.2, 0.25) is 5.02 Å². The number of benzene rings is 3. The van der Waals surface area contributed by atoms with Crippen LogP contribution in [0.15, 0.2) is 72.8 Å². The summed E-state index contributed by atoms with van der Waals surface area (Å²) < 4.78 is 35.8. The SMILES string of the molecule is CCc1ccc(C)cc1.CCc1ccc(Cl)cc1.Cc1ccc(C(F)(F)F)cc1. The first-order valence-electron chi connectivity index (χ1n) is 9.59. The summed E-state index contributed by atoms with van der Waals surface area (Å²) in [7, 11) is 0. The molecule has 0 unspecified atom stereocenters. The molecule has 0 N–H and O–H groups in total. The molecule has 0 aliphatic heterocycles. The van der Waals surface area contributed by atoms with Gasteiger partial charge in [0.15, 0.2) is 0 Å². The highest BCUT2D eigenvalue weighted by molar-refractivity contribution is 6.30. The van der Waals surface area contributed by atoms with Crippen LogP contribution in [0.1, 0.15) is 41.7 Å². The molecule has 3 aromatic rings. The van der Waals surface area contributed by atoms with Crippen LogP contribution in [0, 0.1) is 13.8 Å². The van der Waals surface area contributed by atoms with E-state index in [-0.39, 0.29) is 0 Å². The highest BCUT2D eigenvalue weighted by Gasteiger charge is 2.29. The normalized spacial score (nSPS) is 10.3. The fraction of sp³-hybridized carbons (Fsp3) is 0.280. The van der Waals surface area contributed by atoms with Gasteiger partial charge in [0.25, 0.3) is 0 Å². The van der Waals surface area contributed by atoms with Crippen molar-refractivity contribution in [3.8, 4) is 0 Å². The molecule has 29 heavy (non-hydrogen) atoms. The van der Waals surface area contributed by atoms with Gasteiger partial charge >= 0.3 is 6.18 Å². The largest absolute Gasteiger partial charge is 0.416 e. The molecule has 156 valence electrons. The van der Waals surface area contributed by atoms with Crippen LogP contribution >= 0.6 is 11.6 Å². The van der Waals surface area contributed by atoms with Gasteiger partial charge in [0.05, 0.1) is 5.56 Å². The van der Waals surface area contributed by atoms with E-state index in [1.54, 1.807) is 6.92 Å². The third-order valence-electron chi connectivity index (χ3n) is 4.23. The van der Waals surface area contributed by atoms with Gasteiger partial charge in [0.2, 0.25) is 0 Å². The molecule has 0 radical (unpaired) electrons. The zero-order valence-corrected chi connectivity index (χ0v) is 18.1. The minimum Gasteiger partial charge on any atom is -0.166 e. The fourth-order valence-electron chi connectivity index (χ4n) is 2.29. The Balaban J connectivity index is 0.000000219. The van der Waals surface area contributed by atoms with Crippen molar-refractivity contribution in [2.24, 2.45) is 0 Å². The molecular weight excluding hydrogens is 393 g/mol. The summed E-state index contributed by atoms with van der Waals surface area (Å²) in [6, 6.07) is 21.6. The van der Waals surface area contributed by atoms with E-state index in [4.69, 9.17) is 11.6 Å². The molecule has 0 aliphatic rings. The fourth-order valence-corrected chi connectivity index (χ4v) is 2.41. The Bertz CT molecular complexity index is 772. The lowest BCUT2D eigenvalue weighted by atomic mass is 10.1. The van der Waals surface area contributed by atoms with Crippen molar-refractivity contribution in [1.82, 2.24) is 0 Å². The van der Waals surface area contributed by atoms with E-state index >= 15 is 0 Å². The van der Waals surface area contributed by atoms with Crippen LogP contribution in [0.25, 0.3) is 0 Å². The molecule has 0 bridgehead atoms. The van der Waals surface area contributed by atoms with Crippen molar-refractivity contribution in [2.75, 3.05) is 0 Å². The predicted octanol–water partition coefficient (Wildman–Crippen LogP) is 8.47. The van der Waals surface area contributed by atoms with Gasteiger partial charge in [-0.05, 0) is 62.1 Å². The van der Waals surface area contributed by atoms with E-state index < -0.39 is 11.7 Å². The molecule has 0 atom stereocenters. The van der Waals surface area contributed by atoms with E-state index in [1.807, 2.05) is 24.3 Å². The zero-order valence-electron chi connectivity index (χ0n) is 17.4. The summed E-state index contributed by atoms with van der Waals surface area (Å²) in [5, 5.41) is 0.812. The van der Waals surface area contributed by atoms with Crippen LogP contribution in [-0.2, 0) is 19.0 Å². The topological polar surface area (TPSA) is 0 Å². The molecule has 0 amide bonds. The molecule has 3 aromatic carbocycles. The lowest BCUT2D eigenvalue weighted by Gasteiger charge is -2.05. The van der Waals surface area contributed by atoms with Gasteiger partial charge in [-0.15, -0.1) is 0 Å². The van der Waals surface area contributed by atoms with Crippen LogP contribution in [-0.4, -0.2) is 0 Å². The molecule has 4 heteroatoms. The second-order valence-electron chi connectivity index (χ2n) is 6.68. The van der Waals surface area contributed by atoms with E-state index in [1.165, 1.54) is 28.8 Å². The second-order valence-corrected chi connectivity index (χ2v) is 7.12. The average molecular weight is 421 g/mol. The monoisotopic (exact) mass is 420 g/mol. The van der Waals surface area contributed by atoms with Crippen LogP contribution < -0.4 is 0 Å². The second kappa shape index (κ2) is 12.3. The Morgan fingerprint density at radius 1 is 0.621 bits per heavy atom. The molecule has 0 fully saturated rings. The van der Waals surface area contributed by atoms with Gasteiger partial charge < -0.3 is 0 Å². The number of alkyl halides is 3. The number of hydrogen-bond donors (Lipinski definition) is 0. The Hall–Kier alpha value is -2.26. The third-order valence-corrected chi connectivity index (χ3v) is 4.48. The van der Waals surface area contributed by atoms with Gasteiger partial charge in [-0.3, -0.25) is 0 Å². The molecule has 0 saturated carbocycles. The number of rotatable bonds is 2. The number of halogens is 4. The van der Waals surface area contributed by atoms with E-state index in [0.29, 0.717) is 0 Å². The Labute approximate surface area is 177 Å². The lowest BCUT2D eigenvalue weighted by molar-refractivity contribution is -0.137. The summed E-state index contributed by atoms with van der Waals surface area (Å²) in [4.78, 5) is 0. The molecule has 0 nitrogen and oxygen atoms in total. The molecule has 0 heterocycles. The maximum Gasteiger partial charge on any atom is 0.416 e. The quantitative estimate of drug-likeness (QED) is 0.390. The summed E-state index contributed by atoms with van der Waals surface area (Å²) >= 11 is 5.67. The summed E-state index contributed by atoms with van der Waals surface area (Å²) in [5.74, 6) is 0. The Kier molecular flexibility index (Phi) is 10.5. The van der Waals surface area contributed by atoms with E-state index in [0.717, 1.165) is 35.6 Å². The molecule has 0 aromatic heterocycles. The van der Waals surface area contributed by atoms with Crippen LogP contribution in [0.5, 0.6) is 0 Å². The van der Waals surface area contributed by atoms with E-state index in [2.05, 4.69) is 45.0 Å². The Morgan fingerprint density at radius 3 is 1.31 bits per heavy atom. The smallest absolute Gasteiger partial charge is 0.166 e. The molecule has 0 saturated heterocycles. The summed E-state index contributed by atoms with van der Waals surface area (Å²) in [6.45, 7) is 8.16. The highest BCUT2D eigenvalue weighted by atomic mass is 35.5.